The molecule has 6 heteroatoms. The molecule has 0 atom stereocenters. The van der Waals surface area contributed by atoms with Gasteiger partial charge >= 0.3 is 6.18 Å². The first-order chi connectivity index (χ1) is 11.5. The van der Waals surface area contributed by atoms with Crippen molar-refractivity contribution in [3.63, 3.8) is 0 Å². The maximum atomic E-state index is 12.7. The summed E-state index contributed by atoms with van der Waals surface area (Å²) in [5.74, 6) is 0. The van der Waals surface area contributed by atoms with Crippen LogP contribution in [0, 0.1) is 0 Å². The van der Waals surface area contributed by atoms with Crippen LogP contribution in [0.15, 0.2) is 66.2 Å². The van der Waals surface area contributed by atoms with Gasteiger partial charge in [0, 0.05) is 17.1 Å². The minimum absolute atomic E-state index is 0.645. The maximum absolute atomic E-state index is 12.7. The number of rotatable bonds is 2. The summed E-state index contributed by atoms with van der Waals surface area (Å²) in [6.07, 6.45) is -2.41. The van der Waals surface area contributed by atoms with Crippen molar-refractivity contribution in [2.75, 3.05) is 0 Å². The van der Waals surface area contributed by atoms with Crippen molar-refractivity contribution in [2.45, 2.75) is 6.18 Å². The summed E-state index contributed by atoms with van der Waals surface area (Å²) in [7, 11) is 0. The molecule has 0 aliphatic carbocycles. The lowest BCUT2D eigenvalue weighted by Gasteiger charge is -2.07. The molecule has 120 valence electrons. The van der Waals surface area contributed by atoms with Gasteiger partial charge in [-0.2, -0.15) is 13.2 Å². The van der Waals surface area contributed by atoms with Crippen molar-refractivity contribution in [2.24, 2.45) is 0 Å². The van der Waals surface area contributed by atoms with Crippen LogP contribution in [-0.4, -0.2) is 9.38 Å². The van der Waals surface area contributed by atoms with Gasteiger partial charge in [0.25, 0.3) is 0 Å². The molecule has 0 spiro atoms. The Morgan fingerprint density at radius 1 is 0.875 bits per heavy atom. The van der Waals surface area contributed by atoms with Crippen molar-refractivity contribution < 1.29 is 13.2 Å². The standard InChI is InChI=1S/C18H11F3N2S/c19-18(20,21)14-8-6-13(7-9-14)16-11-24-17-22-15(10-23(16)17)12-4-2-1-3-5-12/h1-11H. The van der Waals surface area contributed by atoms with Gasteiger partial charge in [-0.1, -0.05) is 42.5 Å². The molecule has 4 rings (SSSR count). The summed E-state index contributed by atoms with van der Waals surface area (Å²) in [5.41, 5.74) is 2.76. The molecule has 0 saturated heterocycles. The summed E-state index contributed by atoms with van der Waals surface area (Å²) in [6, 6.07) is 15.0. The summed E-state index contributed by atoms with van der Waals surface area (Å²) in [4.78, 5) is 5.40. The third-order valence-corrected chi connectivity index (χ3v) is 4.63. The minimum atomic E-state index is -4.32. The van der Waals surface area contributed by atoms with Crippen molar-refractivity contribution in [1.82, 2.24) is 9.38 Å². The highest BCUT2D eigenvalue weighted by Crippen LogP contribution is 2.33. The van der Waals surface area contributed by atoms with Crippen LogP contribution in [0.4, 0.5) is 13.2 Å². The zero-order chi connectivity index (χ0) is 16.7. The second-order valence-electron chi connectivity index (χ2n) is 5.34. The number of benzene rings is 2. The number of halogens is 3. The SMILES string of the molecule is FC(F)(F)c1ccc(-c2csc3nc(-c4ccccc4)cn23)cc1. The maximum Gasteiger partial charge on any atom is 0.416 e. The van der Waals surface area contributed by atoms with Gasteiger partial charge in [-0.3, -0.25) is 4.40 Å². The van der Waals surface area contributed by atoms with Gasteiger partial charge in [0.1, 0.15) is 0 Å². The summed E-state index contributed by atoms with van der Waals surface area (Å²) < 4.78 is 40.0. The molecule has 0 bridgehead atoms. The number of aromatic nitrogens is 2. The van der Waals surface area contributed by atoms with Crippen LogP contribution >= 0.6 is 11.3 Å². The predicted molar refractivity (Wildman–Crippen MR) is 88.9 cm³/mol. The van der Waals surface area contributed by atoms with Crippen LogP contribution in [0.1, 0.15) is 5.56 Å². The van der Waals surface area contributed by atoms with Gasteiger partial charge in [0.2, 0.25) is 0 Å². The summed E-state index contributed by atoms with van der Waals surface area (Å²) >= 11 is 1.46. The second kappa shape index (κ2) is 5.49. The number of hydrogen-bond donors (Lipinski definition) is 0. The zero-order valence-corrected chi connectivity index (χ0v) is 13.1. The lowest BCUT2D eigenvalue weighted by molar-refractivity contribution is -0.137. The van der Waals surface area contributed by atoms with Gasteiger partial charge in [0.15, 0.2) is 4.96 Å². The van der Waals surface area contributed by atoms with E-state index < -0.39 is 11.7 Å². The molecule has 2 heterocycles. The second-order valence-corrected chi connectivity index (χ2v) is 6.18. The first-order valence-electron chi connectivity index (χ1n) is 7.22. The van der Waals surface area contributed by atoms with E-state index in [1.165, 1.54) is 23.5 Å². The van der Waals surface area contributed by atoms with E-state index in [1.54, 1.807) is 0 Å². The quantitative estimate of drug-likeness (QED) is 0.453. The third-order valence-electron chi connectivity index (χ3n) is 3.79. The van der Waals surface area contributed by atoms with Crippen molar-refractivity contribution >= 4 is 16.3 Å². The third kappa shape index (κ3) is 2.59. The molecule has 2 aromatic carbocycles. The molecule has 0 saturated carbocycles. The lowest BCUT2D eigenvalue weighted by atomic mass is 10.1. The van der Waals surface area contributed by atoms with Gasteiger partial charge in [0.05, 0.1) is 17.0 Å². The molecule has 0 aliphatic heterocycles. The van der Waals surface area contributed by atoms with Crippen molar-refractivity contribution in [3.05, 3.63) is 71.7 Å². The molecular weight excluding hydrogens is 333 g/mol. The van der Waals surface area contributed by atoms with Gasteiger partial charge in [-0.25, -0.2) is 4.98 Å². The molecule has 0 radical (unpaired) electrons. The first-order valence-corrected chi connectivity index (χ1v) is 8.10. The Kier molecular flexibility index (Phi) is 3.42. The van der Waals surface area contributed by atoms with E-state index in [-0.39, 0.29) is 0 Å². The average molecular weight is 344 g/mol. The zero-order valence-electron chi connectivity index (χ0n) is 12.3. The molecule has 0 N–H and O–H groups in total. The summed E-state index contributed by atoms with van der Waals surface area (Å²) in [6.45, 7) is 0. The van der Waals surface area contributed by atoms with Crippen molar-refractivity contribution in [3.8, 4) is 22.5 Å². The normalized spacial score (nSPS) is 12.0. The number of imidazole rings is 1. The summed E-state index contributed by atoms with van der Waals surface area (Å²) in [5, 5.41) is 1.90. The molecule has 0 amide bonds. The van der Waals surface area contributed by atoms with E-state index in [4.69, 9.17) is 0 Å². The minimum Gasteiger partial charge on any atom is -0.290 e. The molecule has 24 heavy (non-hydrogen) atoms. The highest BCUT2D eigenvalue weighted by molar-refractivity contribution is 7.15. The van der Waals surface area contributed by atoms with Crippen LogP contribution in [0.5, 0.6) is 0 Å². The van der Waals surface area contributed by atoms with E-state index in [9.17, 15) is 13.2 Å². The molecule has 2 aromatic heterocycles. The van der Waals surface area contributed by atoms with Crippen LogP contribution < -0.4 is 0 Å². The average Bonchev–Trinajstić information content (AvgIpc) is 3.15. The number of alkyl halides is 3. The van der Waals surface area contributed by atoms with Crippen LogP contribution in [0.2, 0.25) is 0 Å². The molecule has 0 unspecified atom stereocenters. The van der Waals surface area contributed by atoms with Crippen molar-refractivity contribution in [1.29, 1.82) is 0 Å². The number of nitrogens with zero attached hydrogens (tertiary/aromatic N) is 2. The number of hydrogen-bond acceptors (Lipinski definition) is 2. The van der Waals surface area contributed by atoms with Gasteiger partial charge in [-0.15, -0.1) is 11.3 Å². The highest BCUT2D eigenvalue weighted by Gasteiger charge is 2.30. The smallest absolute Gasteiger partial charge is 0.290 e. The van der Waals surface area contributed by atoms with Gasteiger partial charge < -0.3 is 0 Å². The first kappa shape index (κ1) is 15.0. The van der Waals surface area contributed by atoms with Crippen LogP contribution in [0.3, 0.4) is 0 Å². The molecular formula is C18H11F3N2S. The monoisotopic (exact) mass is 344 g/mol. The molecule has 4 aromatic rings. The Balaban J connectivity index is 1.76. The Labute approximate surface area is 139 Å². The van der Waals surface area contributed by atoms with Crippen LogP contribution in [0.25, 0.3) is 27.5 Å². The van der Waals surface area contributed by atoms with E-state index >= 15 is 0 Å². The van der Waals surface area contributed by atoms with E-state index in [0.29, 0.717) is 0 Å². The van der Waals surface area contributed by atoms with E-state index in [0.717, 1.165) is 39.6 Å². The Morgan fingerprint density at radius 3 is 2.25 bits per heavy atom. The van der Waals surface area contributed by atoms with Gasteiger partial charge in [-0.05, 0) is 17.7 Å². The largest absolute Gasteiger partial charge is 0.416 e. The van der Waals surface area contributed by atoms with E-state index in [1.807, 2.05) is 46.3 Å². The lowest BCUT2D eigenvalue weighted by Crippen LogP contribution is -2.04. The Hall–Kier alpha value is -2.60. The topological polar surface area (TPSA) is 17.3 Å². The molecule has 0 aliphatic rings. The Bertz CT molecular complexity index is 983. The fourth-order valence-electron chi connectivity index (χ4n) is 2.57. The van der Waals surface area contributed by atoms with E-state index in [2.05, 4.69) is 4.98 Å². The highest BCUT2D eigenvalue weighted by atomic mass is 32.1. The molecule has 0 fully saturated rings. The Morgan fingerprint density at radius 2 is 1.58 bits per heavy atom. The fraction of sp³-hybridized carbons (Fsp3) is 0.0556. The predicted octanol–water partition coefficient (Wildman–Crippen LogP) is 5.75. The number of fused-ring (bicyclic) bond motifs is 1. The molecule has 2 nitrogen and oxygen atoms in total. The fourth-order valence-corrected chi connectivity index (χ4v) is 3.45. The number of thiazole rings is 1. The van der Waals surface area contributed by atoms with Crippen LogP contribution in [-0.2, 0) is 6.18 Å².